The third-order valence-corrected chi connectivity index (χ3v) is 5.53. The Labute approximate surface area is 148 Å². The third-order valence-electron chi connectivity index (χ3n) is 3.88. The average Bonchev–Trinajstić information content (AvgIpc) is 3.24. The number of nitrogens with zero attached hydrogens (tertiary/aromatic N) is 3. The molecular formula is C16H29N5S2. The summed E-state index contributed by atoms with van der Waals surface area (Å²) in [4.78, 5) is 11.4. The number of guanidine groups is 1. The first-order valence-corrected chi connectivity index (χ1v) is 10.7. The minimum atomic E-state index is 0.869. The van der Waals surface area contributed by atoms with E-state index in [9.17, 15) is 0 Å². The SMILES string of the molecule is CN=C(NCCCCSC)NCCc1csc(N2CCCC2)n1. The van der Waals surface area contributed by atoms with Gasteiger partial charge in [0.05, 0.1) is 5.69 Å². The van der Waals surface area contributed by atoms with E-state index >= 15 is 0 Å². The van der Waals surface area contributed by atoms with Crippen LogP contribution in [0.3, 0.4) is 0 Å². The predicted molar refractivity (Wildman–Crippen MR) is 104 cm³/mol. The van der Waals surface area contributed by atoms with Crippen molar-refractivity contribution in [3.8, 4) is 0 Å². The molecule has 0 saturated carbocycles. The molecule has 2 heterocycles. The molecule has 0 aromatic carbocycles. The van der Waals surface area contributed by atoms with Gasteiger partial charge >= 0.3 is 0 Å². The van der Waals surface area contributed by atoms with Crippen molar-refractivity contribution in [2.24, 2.45) is 4.99 Å². The van der Waals surface area contributed by atoms with E-state index < -0.39 is 0 Å². The molecule has 0 aliphatic carbocycles. The number of rotatable bonds is 9. The standard InChI is InChI=1S/C16H29N5S2/c1-17-15(18-8-3-6-12-22-2)19-9-7-14-13-23-16(20-14)21-10-4-5-11-21/h13H,3-12H2,1-2H3,(H2,17,18,19). The van der Waals surface area contributed by atoms with Gasteiger partial charge < -0.3 is 15.5 Å². The fourth-order valence-electron chi connectivity index (χ4n) is 2.57. The number of hydrogen-bond donors (Lipinski definition) is 2. The fourth-order valence-corrected chi connectivity index (χ4v) is 3.98. The lowest BCUT2D eigenvalue weighted by Gasteiger charge is -2.12. The van der Waals surface area contributed by atoms with Crippen LogP contribution in [0.2, 0.25) is 0 Å². The van der Waals surface area contributed by atoms with E-state index in [1.54, 1.807) is 11.3 Å². The molecule has 0 spiro atoms. The topological polar surface area (TPSA) is 52.6 Å². The second-order valence-electron chi connectivity index (χ2n) is 5.69. The normalized spacial score (nSPS) is 15.2. The molecule has 0 radical (unpaired) electrons. The Balaban J connectivity index is 1.63. The van der Waals surface area contributed by atoms with Gasteiger partial charge in [-0.3, -0.25) is 4.99 Å². The smallest absolute Gasteiger partial charge is 0.190 e. The Morgan fingerprint density at radius 3 is 2.83 bits per heavy atom. The maximum absolute atomic E-state index is 4.75. The predicted octanol–water partition coefficient (Wildman–Crippen LogP) is 2.59. The Hall–Kier alpha value is -0.950. The zero-order valence-electron chi connectivity index (χ0n) is 14.3. The van der Waals surface area contributed by atoms with E-state index in [1.807, 2.05) is 18.8 Å². The van der Waals surface area contributed by atoms with Crippen LogP contribution in [0, 0.1) is 0 Å². The quantitative estimate of drug-likeness (QED) is 0.405. The molecule has 2 N–H and O–H groups in total. The zero-order valence-corrected chi connectivity index (χ0v) is 15.9. The van der Waals surface area contributed by atoms with E-state index in [-0.39, 0.29) is 0 Å². The van der Waals surface area contributed by atoms with Gasteiger partial charge in [0.2, 0.25) is 0 Å². The number of thiazole rings is 1. The number of anilines is 1. The molecular weight excluding hydrogens is 326 g/mol. The summed E-state index contributed by atoms with van der Waals surface area (Å²) in [5.74, 6) is 2.13. The molecule has 0 atom stereocenters. The molecule has 7 heteroatoms. The number of hydrogen-bond acceptors (Lipinski definition) is 5. The number of nitrogens with one attached hydrogen (secondary N) is 2. The van der Waals surface area contributed by atoms with Crippen LogP contribution in [0.25, 0.3) is 0 Å². The van der Waals surface area contributed by atoms with E-state index in [0.29, 0.717) is 0 Å². The summed E-state index contributed by atoms with van der Waals surface area (Å²) in [6.45, 7) is 4.18. The van der Waals surface area contributed by atoms with Gasteiger partial charge in [-0.05, 0) is 37.7 Å². The number of unbranched alkanes of at least 4 members (excludes halogenated alkanes) is 1. The first-order chi connectivity index (χ1) is 11.3. The Morgan fingerprint density at radius 1 is 1.30 bits per heavy atom. The molecule has 0 unspecified atom stereocenters. The molecule has 23 heavy (non-hydrogen) atoms. The molecule has 5 nitrogen and oxygen atoms in total. The van der Waals surface area contributed by atoms with Crippen molar-refractivity contribution < 1.29 is 0 Å². The van der Waals surface area contributed by atoms with Gasteiger partial charge in [0, 0.05) is 45.0 Å². The zero-order chi connectivity index (χ0) is 16.3. The maximum Gasteiger partial charge on any atom is 0.190 e. The van der Waals surface area contributed by atoms with Gasteiger partial charge in [-0.15, -0.1) is 11.3 Å². The van der Waals surface area contributed by atoms with Crippen molar-refractivity contribution in [2.45, 2.75) is 32.1 Å². The highest BCUT2D eigenvalue weighted by Crippen LogP contribution is 2.24. The lowest BCUT2D eigenvalue weighted by molar-refractivity contribution is 0.729. The van der Waals surface area contributed by atoms with E-state index in [0.717, 1.165) is 38.6 Å². The van der Waals surface area contributed by atoms with Crippen molar-refractivity contribution in [1.82, 2.24) is 15.6 Å². The monoisotopic (exact) mass is 355 g/mol. The molecule has 130 valence electrons. The van der Waals surface area contributed by atoms with Crippen LogP contribution in [0.1, 0.15) is 31.4 Å². The van der Waals surface area contributed by atoms with Crippen LogP contribution in [0.15, 0.2) is 10.4 Å². The van der Waals surface area contributed by atoms with Crippen molar-refractivity contribution >= 4 is 34.2 Å². The molecule has 1 fully saturated rings. The highest BCUT2D eigenvalue weighted by molar-refractivity contribution is 7.98. The highest BCUT2D eigenvalue weighted by Gasteiger charge is 2.15. The molecule has 1 aliphatic rings. The second kappa shape index (κ2) is 10.8. The molecule has 1 saturated heterocycles. The van der Waals surface area contributed by atoms with E-state index in [1.165, 1.54) is 42.3 Å². The summed E-state index contributed by atoms with van der Waals surface area (Å²) in [6, 6.07) is 0. The Kier molecular flexibility index (Phi) is 8.60. The third kappa shape index (κ3) is 6.59. The molecule has 2 rings (SSSR count). The first kappa shape index (κ1) is 18.4. The summed E-state index contributed by atoms with van der Waals surface area (Å²) in [5, 5.41) is 10.1. The largest absolute Gasteiger partial charge is 0.356 e. The molecule has 1 aromatic rings. The van der Waals surface area contributed by atoms with Crippen molar-refractivity contribution in [2.75, 3.05) is 50.1 Å². The summed E-state index contributed by atoms with van der Waals surface area (Å²) in [7, 11) is 1.82. The Morgan fingerprint density at radius 2 is 2.09 bits per heavy atom. The molecule has 0 amide bonds. The van der Waals surface area contributed by atoms with E-state index in [4.69, 9.17) is 4.98 Å². The van der Waals surface area contributed by atoms with Gasteiger partial charge in [0.15, 0.2) is 11.1 Å². The van der Waals surface area contributed by atoms with Crippen LogP contribution in [-0.4, -0.2) is 56.2 Å². The summed E-state index contributed by atoms with van der Waals surface area (Å²) >= 11 is 3.68. The summed E-state index contributed by atoms with van der Waals surface area (Å²) in [5.41, 5.74) is 1.18. The molecule has 0 bridgehead atoms. The van der Waals surface area contributed by atoms with Crippen LogP contribution < -0.4 is 15.5 Å². The number of aromatic nitrogens is 1. The van der Waals surface area contributed by atoms with Gasteiger partial charge in [0.1, 0.15) is 0 Å². The first-order valence-electron chi connectivity index (χ1n) is 8.46. The lowest BCUT2D eigenvalue weighted by atomic mass is 10.3. The van der Waals surface area contributed by atoms with E-state index in [2.05, 4.69) is 32.2 Å². The minimum Gasteiger partial charge on any atom is -0.356 e. The van der Waals surface area contributed by atoms with Gasteiger partial charge in [-0.25, -0.2) is 4.98 Å². The van der Waals surface area contributed by atoms with Crippen LogP contribution in [0.5, 0.6) is 0 Å². The number of thioether (sulfide) groups is 1. The van der Waals surface area contributed by atoms with Gasteiger partial charge in [-0.1, -0.05) is 0 Å². The average molecular weight is 356 g/mol. The lowest BCUT2D eigenvalue weighted by Crippen LogP contribution is -2.38. The van der Waals surface area contributed by atoms with Crippen LogP contribution >= 0.6 is 23.1 Å². The van der Waals surface area contributed by atoms with Crippen LogP contribution in [0.4, 0.5) is 5.13 Å². The fraction of sp³-hybridized carbons (Fsp3) is 0.750. The second-order valence-corrected chi connectivity index (χ2v) is 7.51. The van der Waals surface area contributed by atoms with Crippen molar-refractivity contribution in [3.63, 3.8) is 0 Å². The summed E-state index contributed by atoms with van der Waals surface area (Å²) < 4.78 is 0. The van der Waals surface area contributed by atoms with Crippen LogP contribution in [-0.2, 0) is 6.42 Å². The number of aliphatic imine (C=N–C) groups is 1. The van der Waals surface area contributed by atoms with Gasteiger partial charge in [-0.2, -0.15) is 11.8 Å². The van der Waals surface area contributed by atoms with Crippen molar-refractivity contribution in [3.05, 3.63) is 11.1 Å². The van der Waals surface area contributed by atoms with Gasteiger partial charge in [0.25, 0.3) is 0 Å². The summed E-state index contributed by atoms with van der Waals surface area (Å²) in [6.07, 6.45) is 8.14. The molecule has 1 aliphatic heterocycles. The minimum absolute atomic E-state index is 0.869. The highest BCUT2D eigenvalue weighted by atomic mass is 32.2. The Bertz CT molecular complexity index is 469. The van der Waals surface area contributed by atoms with Crippen molar-refractivity contribution in [1.29, 1.82) is 0 Å². The maximum atomic E-state index is 4.75. The molecule has 1 aromatic heterocycles.